The van der Waals surface area contributed by atoms with E-state index >= 15 is 0 Å². The van der Waals surface area contributed by atoms with Gasteiger partial charge in [-0.15, -0.1) is 0 Å². The summed E-state index contributed by atoms with van der Waals surface area (Å²) >= 11 is 0. The Labute approximate surface area is 176 Å². The molecule has 1 unspecified atom stereocenters. The molecule has 0 bridgehead atoms. The van der Waals surface area contributed by atoms with Crippen LogP contribution in [-0.2, 0) is 14.3 Å². The smallest absolute Gasteiger partial charge is 0.407 e. The Morgan fingerprint density at radius 1 is 1.07 bits per heavy atom. The monoisotopic (exact) mass is 412 g/mol. The lowest BCUT2D eigenvalue weighted by Gasteiger charge is -2.21. The SMILES string of the molecule is C=CC(=O)OCCNC(=O)OCC(CC(C)C)NC(=O)c1cccc2ccccc12. The highest BCUT2D eigenvalue weighted by Gasteiger charge is 2.18. The van der Waals surface area contributed by atoms with Crippen LogP contribution >= 0.6 is 0 Å². The molecule has 1 atom stereocenters. The predicted molar refractivity (Wildman–Crippen MR) is 115 cm³/mol. The zero-order chi connectivity index (χ0) is 21.9. The number of carbonyl (C=O) groups excluding carboxylic acids is 3. The standard InChI is InChI=1S/C23H28N2O5/c1-4-21(26)29-13-12-24-23(28)30-15-18(14-16(2)3)25-22(27)20-11-7-9-17-8-5-6-10-19(17)20/h4-11,16,18H,1,12-15H2,2-3H3,(H,24,28)(H,25,27). The summed E-state index contributed by atoms with van der Waals surface area (Å²) in [5, 5.41) is 7.33. The lowest BCUT2D eigenvalue weighted by molar-refractivity contribution is -0.137. The van der Waals surface area contributed by atoms with E-state index in [-0.39, 0.29) is 31.7 Å². The summed E-state index contributed by atoms with van der Waals surface area (Å²) in [4.78, 5) is 35.7. The topological polar surface area (TPSA) is 93.7 Å². The average Bonchev–Trinajstić information content (AvgIpc) is 2.73. The van der Waals surface area contributed by atoms with Gasteiger partial charge in [0.15, 0.2) is 0 Å². The van der Waals surface area contributed by atoms with E-state index in [1.807, 2.05) is 50.2 Å². The lowest BCUT2D eigenvalue weighted by atomic mass is 10.0. The highest BCUT2D eigenvalue weighted by Crippen LogP contribution is 2.19. The molecule has 0 aliphatic carbocycles. The zero-order valence-corrected chi connectivity index (χ0v) is 17.4. The van der Waals surface area contributed by atoms with Crippen molar-refractivity contribution in [1.82, 2.24) is 10.6 Å². The van der Waals surface area contributed by atoms with E-state index in [0.29, 0.717) is 17.9 Å². The Balaban J connectivity index is 1.92. The maximum absolute atomic E-state index is 12.9. The molecule has 7 heteroatoms. The third kappa shape index (κ3) is 7.24. The van der Waals surface area contributed by atoms with E-state index in [1.165, 1.54) is 0 Å². The minimum absolute atomic E-state index is 0.0210. The van der Waals surface area contributed by atoms with E-state index in [9.17, 15) is 14.4 Å². The minimum atomic E-state index is -0.641. The van der Waals surface area contributed by atoms with Crippen molar-refractivity contribution in [1.29, 1.82) is 0 Å². The first-order valence-electron chi connectivity index (χ1n) is 9.89. The summed E-state index contributed by atoms with van der Waals surface area (Å²) < 4.78 is 10.0. The molecule has 0 saturated carbocycles. The number of nitrogens with one attached hydrogen (secondary N) is 2. The quantitative estimate of drug-likeness (QED) is 0.354. The molecule has 2 N–H and O–H groups in total. The molecule has 2 aromatic carbocycles. The number of amides is 2. The van der Waals surface area contributed by atoms with Gasteiger partial charge in [-0.2, -0.15) is 0 Å². The van der Waals surface area contributed by atoms with Crippen LogP contribution in [0.2, 0.25) is 0 Å². The van der Waals surface area contributed by atoms with Gasteiger partial charge in [-0.3, -0.25) is 4.79 Å². The molecule has 0 spiro atoms. The fourth-order valence-corrected chi connectivity index (χ4v) is 3.02. The van der Waals surface area contributed by atoms with Gasteiger partial charge in [0, 0.05) is 11.6 Å². The van der Waals surface area contributed by atoms with Crippen LogP contribution in [0.5, 0.6) is 0 Å². The molecule has 2 aromatic rings. The van der Waals surface area contributed by atoms with E-state index in [4.69, 9.17) is 9.47 Å². The Bertz CT molecular complexity index is 889. The van der Waals surface area contributed by atoms with Crippen LogP contribution in [0.3, 0.4) is 0 Å². The molecule has 0 radical (unpaired) electrons. The van der Waals surface area contributed by atoms with Crippen LogP contribution in [0.25, 0.3) is 10.8 Å². The van der Waals surface area contributed by atoms with Gasteiger partial charge < -0.3 is 20.1 Å². The largest absolute Gasteiger partial charge is 0.461 e. The highest BCUT2D eigenvalue weighted by atomic mass is 16.6. The first-order chi connectivity index (χ1) is 14.4. The second-order valence-electron chi connectivity index (χ2n) is 7.22. The number of hydrogen-bond acceptors (Lipinski definition) is 5. The van der Waals surface area contributed by atoms with Gasteiger partial charge in [0.05, 0.1) is 12.6 Å². The van der Waals surface area contributed by atoms with Crippen molar-refractivity contribution in [2.75, 3.05) is 19.8 Å². The number of alkyl carbamates (subject to hydrolysis) is 1. The zero-order valence-electron chi connectivity index (χ0n) is 17.4. The molecule has 2 rings (SSSR count). The Morgan fingerprint density at radius 3 is 2.53 bits per heavy atom. The van der Waals surface area contributed by atoms with Gasteiger partial charge in [0.25, 0.3) is 5.91 Å². The van der Waals surface area contributed by atoms with Crippen LogP contribution < -0.4 is 10.6 Å². The molecule has 160 valence electrons. The Hall–Kier alpha value is -3.35. The molecule has 0 heterocycles. The van der Waals surface area contributed by atoms with Crippen LogP contribution in [0, 0.1) is 5.92 Å². The van der Waals surface area contributed by atoms with E-state index in [1.54, 1.807) is 6.07 Å². The number of ether oxygens (including phenoxy) is 2. The van der Waals surface area contributed by atoms with Crippen molar-refractivity contribution in [3.63, 3.8) is 0 Å². The molecule has 0 fully saturated rings. The second kappa shape index (κ2) is 11.6. The molecule has 30 heavy (non-hydrogen) atoms. The fourth-order valence-electron chi connectivity index (χ4n) is 3.02. The third-order valence-corrected chi connectivity index (χ3v) is 4.32. The second-order valence-corrected chi connectivity index (χ2v) is 7.22. The molecular formula is C23H28N2O5. The molecule has 0 aromatic heterocycles. The van der Waals surface area contributed by atoms with E-state index in [2.05, 4.69) is 17.2 Å². The fraction of sp³-hybridized carbons (Fsp3) is 0.348. The molecular weight excluding hydrogens is 384 g/mol. The maximum atomic E-state index is 12.9. The summed E-state index contributed by atoms with van der Waals surface area (Å²) in [5.74, 6) is -0.469. The lowest BCUT2D eigenvalue weighted by Crippen LogP contribution is -2.41. The minimum Gasteiger partial charge on any atom is -0.461 e. The van der Waals surface area contributed by atoms with Crippen molar-refractivity contribution < 1.29 is 23.9 Å². The van der Waals surface area contributed by atoms with Crippen LogP contribution in [0.1, 0.15) is 30.6 Å². The Kier molecular flexibility index (Phi) is 8.87. The van der Waals surface area contributed by atoms with Crippen molar-refractivity contribution >= 4 is 28.7 Å². The summed E-state index contributed by atoms with van der Waals surface area (Å²) in [7, 11) is 0. The van der Waals surface area contributed by atoms with Crippen LogP contribution in [0.4, 0.5) is 4.79 Å². The number of rotatable bonds is 10. The molecule has 0 aliphatic heterocycles. The van der Waals surface area contributed by atoms with Gasteiger partial charge in [-0.25, -0.2) is 9.59 Å². The number of fused-ring (bicyclic) bond motifs is 1. The number of hydrogen-bond donors (Lipinski definition) is 2. The van der Waals surface area contributed by atoms with Crippen molar-refractivity contribution in [3.05, 3.63) is 60.7 Å². The van der Waals surface area contributed by atoms with Crippen LogP contribution in [-0.4, -0.2) is 43.8 Å². The van der Waals surface area contributed by atoms with Crippen molar-refractivity contribution in [2.45, 2.75) is 26.3 Å². The number of benzene rings is 2. The van der Waals surface area contributed by atoms with Gasteiger partial charge >= 0.3 is 12.1 Å². The first kappa shape index (κ1) is 22.9. The maximum Gasteiger partial charge on any atom is 0.407 e. The van der Waals surface area contributed by atoms with Crippen LogP contribution in [0.15, 0.2) is 55.1 Å². The normalized spacial score (nSPS) is 11.6. The van der Waals surface area contributed by atoms with Gasteiger partial charge in [0.2, 0.25) is 0 Å². The highest BCUT2D eigenvalue weighted by molar-refractivity contribution is 6.07. The van der Waals surface area contributed by atoms with E-state index in [0.717, 1.165) is 16.8 Å². The van der Waals surface area contributed by atoms with Gasteiger partial charge in [0.1, 0.15) is 13.2 Å². The number of esters is 1. The van der Waals surface area contributed by atoms with Crippen molar-refractivity contribution in [3.8, 4) is 0 Å². The number of carbonyl (C=O) groups is 3. The molecule has 2 amide bonds. The third-order valence-electron chi connectivity index (χ3n) is 4.32. The first-order valence-corrected chi connectivity index (χ1v) is 9.89. The van der Waals surface area contributed by atoms with Gasteiger partial charge in [-0.05, 0) is 29.2 Å². The summed E-state index contributed by atoms with van der Waals surface area (Å²) in [6.07, 6.45) is 1.06. The molecule has 0 saturated heterocycles. The average molecular weight is 412 g/mol. The molecule has 0 aliphatic rings. The summed E-state index contributed by atoms with van der Waals surface area (Å²) in [6, 6.07) is 12.9. The summed E-state index contributed by atoms with van der Waals surface area (Å²) in [5.41, 5.74) is 0.579. The molecule has 7 nitrogen and oxygen atoms in total. The Morgan fingerprint density at radius 2 is 1.80 bits per heavy atom. The van der Waals surface area contributed by atoms with E-state index < -0.39 is 12.1 Å². The van der Waals surface area contributed by atoms with Gasteiger partial charge in [-0.1, -0.05) is 56.8 Å². The summed E-state index contributed by atoms with van der Waals surface area (Å²) in [6.45, 7) is 7.53. The van der Waals surface area contributed by atoms with Crippen molar-refractivity contribution in [2.24, 2.45) is 5.92 Å². The predicted octanol–water partition coefficient (Wildman–Crippen LogP) is 3.44.